The fourth-order valence-electron chi connectivity index (χ4n) is 7.46. The summed E-state index contributed by atoms with van der Waals surface area (Å²) in [6, 6.07) is 14.5. The summed E-state index contributed by atoms with van der Waals surface area (Å²) in [5.74, 6) is 3.10. The van der Waals surface area contributed by atoms with Crippen molar-refractivity contribution < 1.29 is 19.0 Å². The standard InChI is InChI=1S/C23H33NO3.C10H14N2O.C2H6/c1-14-5-9-18(25-3)21-20(14)23-11-12-24(13-16-6-7-16)15(2)17(23)8-10-19(26-4)22(23)27-21;1-8(10(11)13)12-7-9-5-3-2-4-6-9;1-2/h5,9,15-17,19,22H,6-8,10-13H2,1-4H3;2-6,8,12H,7H2,1H3,(H2,11,13);1-2H3/t15?,17?,19?,22-,23?;;/m0../s1. The number of amides is 1. The maximum absolute atomic E-state index is 10.7. The first kappa shape index (κ1) is 32.3. The molecule has 0 bridgehead atoms. The molecule has 42 heavy (non-hydrogen) atoms. The molecule has 7 heteroatoms. The SMILES string of the molecule is CC.CC(NCc1ccccc1)C(N)=O.COc1ccc(C)c2c1O[C@H]1C(OC)CCC3C(C)N(CC4CC4)CCC231. The molecule has 1 saturated heterocycles. The van der Waals surface area contributed by atoms with E-state index in [9.17, 15) is 4.79 Å². The van der Waals surface area contributed by atoms with Crippen LogP contribution in [0.25, 0.3) is 0 Å². The van der Waals surface area contributed by atoms with E-state index in [-0.39, 0.29) is 29.6 Å². The van der Waals surface area contributed by atoms with Crippen molar-refractivity contribution in [1.82, 2.24) is 10.2 Å². The Balaban J connectivity index is 0.000000229. The smallest absolute Gasteiger partial charge is 0.234 e. The Morgan fingerprint density at radius 3 is 2.45 bits per heavy atom. The molecule has 3 fully saturated rings. The Labute approximate surface area is 253 Å². The minimum absolute atomic E-state index is 0.0619. The highest BCUT2D eigenvalue weighted by Crippen LogP contribution is 2.61. The van der Waals surface area contributed by atoms with Crippen LogP contribution < -0.4 is 20.5 Å². The van der Waals surface area contributed by atoms with E-state index in [1.807, 2.05) is 51.3 Å². The number of benzene rings is 2. The van der Waals surface area contributed by atoms with Crippen LogP contribution in [0.2, 0.25) is 0 Å². The molecule has 6 rings (SSSR count). The van der Waals surface area contributed by atoms with Gasteiger partial charge in [-0.2, -0.15) is 0 Å². The number of primary amides is 1. The van der Waals surface area contributed by atoms with Crippen molar-refractivity contribution >= 4 is 5.91 Å². The van der Waals surface area contributed by atoms with Gasteiger partial charge in [0.15, 0.2) is 11.5 Å². The van der Waals surface area contributed by atoms with Crippen LogP contribution in [0.15, 0.2) is 42.5 Å². The molecule has 0 aromatic heterocycles. The van der Waals surface area contributed by atoms with E-state index >= 15 is 0 Å². The second-order valence-corrected chi connectivity index (χ2v) is 12.2. The van der Waals surface area contributed by atoms with Crippen LogP contribution in [0.5, 0.6) is 11.5 Å². The summed E-state index contributed by atoms with van der Waals surface area (Å²) in [5.41, 5.74) is 9.07. The summed E-state index contributed by atoms with van der Waals surface area (Å²) >= 11 is 0. The molecule has 232 valence electrons. The molecule has 2 aromatic rings. The first-order valence-electron chi connectivity index (χ1n) is 16.0. The monoisotopic (exact) mass is 579 g/mol. The van der Waals surface area contributed by atoms with Gasteiger partial charge in [0.25, 0.3) is 0 Å². The van der Waals surface area contributed by atoms with Crippen LogP contribution in [-0.2, 0) is 21.5 Å². The molecule has 3 N–H and O–H groups in total. The molecule has 0 radical (unpaired) electrons. The number of nitrogens with zero attached hydrogens (tertiary/aromatic N) is 1. The lowest BCUT2D eigenvalue weighted by Gasteiger charge is -2.56. The summed E-state index contributed by atoms with van der Waals surface area (Å²) in [6.45, 7) is 13.6. The summed E-state index contributed by atoms with van der Waals surface area (Å²) in [4.78, 5) is 13.4. The molecule has 2 aliphatic carbocycles. The van der Waals surface area contributed by atoms with Gasteiger partial charge in [-0.05, 0) is 88.4 Å². The first-order chi connectivity index (χ1) is 20.3. The Morgan fingerprint density at radius 1 is 1.12 bits per heavy atom. The molecular weight excluding hydrogens is 526 g/mol. The van der Waals surface area contributed by atoms with Crippen molar-refractivity contribution in [2.24, 2.45) is 17.6 Å². The molecule has 7 nitrogen and oxygen atoms in total. The number of methoxy groups -OCH3 is 2. The Bertz CT molecular complexity index is 1170. The van der Waals surface area contributed by atoms with Gasteiger partial charge in [-0.25, -0.2) is 0 Å². The van der Waals surface area contributed by atoms with Crippen LogP contribution in [0.1, 0.15) is 76.5 Å². The molecule has 2 aromatic carbocycles. The number of carbonyl (C=O) groups is 1. The molecule has 2 heterocycles. The number of rotatable bonds is 8. The predicted molar refractivity (Wildman–Crippen MR) is 169 cm³/mol. The van der Waals surface area contributed by atoms with Crippen molar-refractivity contribution in [2.75, 3.05) is 27.3 Å². The fraction of sp³-hybridized carbons (Fsp3) is 0.629. The molecule has 6 atom stereocenters. The number of hydrogen-bond acceptors (Lipinski definition) is 6. The van der Waals surface area contributed by atoms with Gasteiger partial charge in [-0.1, -0.05) is 50.2 Å². The minimum atomic E-state index is -0.323. The zero-order valence-electron chi connectivity index (χ0n) is 26.8. The van der Waals surface area contributed by atoms with Crippen LogP contribution in [-0.4, -0.2) is 62.4 Å². The van der Waals surface area contributed by atoms with E-state index in [0.29, 0.717) is 18.5 Å². The zero-order valence-corrected chi connectivity index (χ0v) is 26.8. The topological polar surface area (TPSA) is 86.0 Å². The van der Waals surface area contributed by atoms with Crippen LogP contribution in [0.4, 0.5) is 0 Å². The van der Waals surface area contributed by atoms with E-state index < -0.39 is 0 Å². The zero-order chi connectivity index (χ0) is 30.4. The number of piperidine rings is 1. The summed E-state index contributed by atoms with van der Waals surface area (Å²) in [7, 11) is 3.60. The van der Waals surface area contributed by atoms with E-state index in [1.165, 1.54) is 49.9 Å². The number of carbonyl (C=O) groups excluding carboxylic acids is 1. The van der Waals surface area contributed by atoms with Crippen molar-refractivity contribution in [2.45, 2.75) is 103 Å². The number of hydrogen-bond donors (Lipinski definition) is 2. The number of aryl methyl sites for hydroxylation is 1. The largest absolute Gasteiger partial charge is 0.493 e. The van der Waals surface area contributed by atoms with Crippen LogP contribution in [0, 0.1) is 18.8 Å². The number of ether oxygens (including phenoxy) is 3. The molecule has 2 saturated carbocycles. The second kappa shape index (κ2) is 14.2. The van der Waals surface area contributed by atoms with Crippen LogP contribution >= 0.6 is 0 Å². The van der Waals surface area contributed by atoms with E-state index in [4.69, 9.17) is 19.9 Å². The quantitative estimate of drug-likeness (QED) is 0.423. The van der Waals surface area contributed by atoms with Gasteiger partial charge in [0.05, 0.1) is 19.3 Å². The van der Waals surface area contributed by atoms with Crippen LogP contribution in [0.3, 0.4) is 0 Å². The first-order valence-corrected chi connectivity index (χ1v) is 16.0. The summed E-state index contributed by atoms with van der Waals surface area (Å²) in [6.07, 6.45) is 6.60. The number of fused-ring (bicyclic) bond motifs is 1. The van der Waals surface area contributed by atoms with Gasteiger partial charge in [-0.3, -0.25) is 4.79 Å². The molecule has 2 aliphatic heterocycles. The lowest BCUT2D eigenvalue weighted by Crippen LogP contribution is -2.64. The lowest BCUT2D eigenvalue weighted by atomic mass is 9.55. The van der Waals surface area contributed by atoms with Crippen molar-refractivity contribution in [3.63, 3.8) is 0 Å². The van der Waals surface area contributed by atoms with E-state index in [1.54, 1.807) is 14.0 Å². The number of likely N-dealkylation sites (tertiary alicyclic amines) is 1. The maximum atomic E-state index is 10.7. The molecular formula is C35H53N3O4. The summed E-state index contributed by atoms with van der Waals surface area (Å²) in [5, 5.41) is 3.02. The Morgan fingerprint density at radius 2 is 1.83 bits per heavy atom. The van der Waals surface area contributed by atoms with Gasteiger partial charge < -0.3 is 30.2 Å². The lowest BCUT2D eigenvalue weighted by molar-refractivity contribution is -0.119. The van der Waals surface area contributed by atoms with Crippen molar-refractivity contribution in [3.05, 3.63) is 59.2 Å². The number of nitrogens with one attached hydrogen (secondary N) is 1. The highest BCUT2D eigenvalue weighted by Gasteiger charge is 2.63. The van der Waals surface area contributed by atoms with Gasteiger partial charge >= 0.3 is 0 Å². The average Bonchev–Trinajstić information content (AvgIpc) is 3.77. The average molecular weight is 580 g/mol. The molecule has 5 unspecified atom stereocenters. The maximum Gasteiger partial charge on any atom is 0.234 e. The van der Waals surface area contributed by atoms with E-state index in [2.05, 4.69) is 36.2 Å². The minimum Gasteiger partial charge on any atom is -0.493 e. The Hall–Kier alpha value is -2.61. The predicted octanol–water partition coefficient (Wildman–Crippen LogP) is 5.61. The van der Waals surface area contributed by atoms with Crippen molar-refractivity contribution in [3.8, 4) is 11.5 Å². The van der Waals surface area contributed by atoms with Crippen molar-refractivity contribution in [1.29, 1.82) is 0 Å². The highest BCUT2D eigenvalue weighted by molar-refractivity contribution is 5.79. The highest BCUT2D eigenvalue weighted by atomic mass is 16.6. The van der Waals surface area contributed by atoms with Gasteiger partial charge in [-0.15, -0.1) is 0 Å². The second-order valence-electron chi connectivity index (χ2n) is 12.2. The third-order valence-electron chi connectivity index (χ3n) is 9.87. The molecule has 4 aliphatic rings. The molecule has 1 amide bonds. The van der Waals surface area contributed by atoms with E-state index in [0.717, 1.165) is 29.4 Å². The van der Waals surface area contributed by atoms with Gasteiger partial charge in [0.2, 0.25) is 5.91 Å². The van der Waals surface area contributed by atoms with Gasteiger partial charge in [0, 0.05) is 37.2 Å². The third kappa shape index (κ3) is 6.48. The molecule has 1 spiro atoms. The third-order valence-corrected chi connectivity index (χ3v) is 9.87. The van der Waals surface area contributed by atoms with Gasteiger partial charge in [0.1, 0.15) is 6.10 Å². The Kier molecular flexibility index (Phi) is 11.0. The summed E-state index contributed by atoms with van der Waals surface area (Å²) < 4.78 is 18.3. The fourth-order valence-corrected chi connectivity index (χ4v) is 7.46. The number of nitrogens with two attached hydrogens (primary N) is 1. The normalized spacial score (nSPS) is 28.4.